The Morgan fingerprint density at radius 3 is 2.31 bits per heavy atom. The first-order valence-electron chi connectivity index (χ1n) is 10.0. The number of carbonyl (C=O) groups is 1. The van der Waals surface area contributed by atoms with Crippen LogP contribution in [0.2, 0.25) is 0 Å². The van der Waals surface area contributed by atoms with Crippen LogP contribution in [0.5, 0.6) is 0 Å². The predicted molar refractivity (Wildman–Crippen MR) is 123 cm³/mol. The summed E-state index contributed by atoms with van der Waals surface area (Å²) < 4.78 is 32.8. The summed E-state index contributed by atoms with van der Waals surface area (Å²) in [4.78, 5) is 12.1. The third-order valence-electron chi connectivity index (χ3n) is 5.20. The highest BCUT2D eigenvalue weighted by molar-refractivity contribution is 7.95. The normalized spacial score (nSPS) is 11.9. The van der Waals surface area contributed by atoms with E-state index in [1.807, 2.05) is 49.6 Å². The molecule has 0 radical (unpaired) electrons. The standard InChI is InChI=1S/C25H24N2O4S/c1-17(2)24-15-19(14-21(16-26)32(29,30)20-10-6-5-7-11-20)18(3)27(24)23-13-9-8-12-22(23)25(28)31-4/h5-15,17H,1-4H3/b21-14+. The first-order chi connectivity index (χ1) is 15.2. The Labute approximate surface area is 188 Å². The molecule has 0 bridgehead atoms. The van der Waals surface area contributed by atoms with Crippen molar-refractivity contribution in [1.29, 1.82) is 5.26 Å². The fraction of sp³-hybridized carbons (Fsp3) is 0.200. The molecular weight excluding hydrogens is 424 g/mol. The third kappa shape index (κ3) is 4.23. The second-order valence-electron chi connectivity index (χ2n) is 7.55. The van der Waals surface area contributed by atoms with Gasteiger partial charge < -0.3 is 9.30 Å². The molecule has 164 valence electrons. The molecule has 1 heterocycles. The molecule has 3 rings (SSSR count). The van der Waals surface area contributed by atoms with Crippen LogP contribution < -0.4 is 0 Å². The van der Waals surface area contributed by atoms with E-state index in [1.165, 1.54) is 25.3 Å². The maximum absolute atomic E-state index is 13.0. The summed E-state index contributed by atoms with van der Waals surface area (Å²) in [5.74, 6) is -0.400. The van der Waals surface area contributed by atoms with E-state index in [4.69, 9.17) is 4.74 Å². The Morgan fingerprint density at radius 2 is 1.72 bits per heavy atom. The van der Waals surface area contributed by atoms with Crippen molar-refractivity contribution in [2.75, 3.05) is 7.11 Å². The van der Waals surface area contributed by atoms with Gasteiger partial charge in [-0.2, -0.15) is 5.26 Å². The number of methoxy groups -OCH3 is 1. The lowest BCUT2D eigenvalue weighted by molar-refractivity contribution is 0.0600. The first-order valence-corrected chi connectivity index (χ1v) is 11.5. The number of hydrogen-bond donors (Lipinski definition) is 0. The Bertz CT molecular complexity index is 1330. The second-order valence-corrected chi connectivity index (χ2v) is 9.46. The highest BCUT2D eigenvalue weighted by atomic mass is 32.2. The van der Waals surface area contributed by atoms with Gasteiger partial charge in [-0.15, -0.1) is 0 Å². The highest BCUT2D eigenvalue weighted by Gasteiger charge is 2.24. The number of rotatable bonds is 6. The van der Waals surface area contributed by atoms with E-state index in [0.29, 0.717) is 22.5 Å². The molecule has 1 aromatic heterocycles. The average molecular weight is 449 g/mol. The molecule has 0 aliphatic carbocycles. The monoisotopic (exact) mass is 448 g/mol. The van der Waals surface area contributed by atoms with E-state index in [9.17, 15) is 18.5 Å². The molecule has 32 heavy (non-hydrogen) atoms. The van der Waals surface area contributed by atoms with E-state index >= 15 is 0 Å². The topological polar surface area (TPSA) is 89.2 Å². The Balaban J connectivity index is 2.24. The molecule has 0 amide bonds. The minimum Gasteiger partial charge on any atom is -0.465 e. The van der Waals surface area contributed by atoms with Crippen LogP contribution in [-0.2, 0) is 14.6 Å². The summed E-state index contributed by atoms with van der Waals surface area (Å²) in [5, 5.41) is 9.66. The second kappa shape index (κ2) is 9.25. The van der Waals surface area contributed by atoms with Crippen molar-refractivity contribution < 1.29 is 17.9 Å². The number of benzene rings is 2. The summed E-state index contributed by atoms with van der Waals surface area (Å²) in [5.41, 5.74) is 3.19. The van der Waals surface area contributed by atoms with Crippen LogP contribution in [0.15, 0.2) is 70.5 Å². The van der Waals surface area contributed by atoms with Crippen LogP contribution >= 0.6 is 0 Å². The lowest BCUT2D eigenvalue weighted by Gasteiger charge is -2.17. The molecule has 7 heteroatoms. The molecule has 0 saturated carbocycles. The van der Waals surface area contributed by atoms with Gasteiger partial charge in [0.05, 0.1) is 23.3 Å². The van der Waals surface area contributed by atoms with Crippen molar-refractivity contribution in [3.63, 3.8) is 0 Å². The zero-order chi connectivity index (χ0) is 23.5. The summed E-state index contributed by atoms with van der Waals surface area (Å²) in [6.07, 6.45) is 1.39. The highest BCUT2D eigenvalue weighted by Crippen LogP contribution is 2.31. The van der Waals surface area contributed by atoms with Gasteiger partial charge in [0.1, 0.15) is 11.0 Å². The van der Waals surface area contributed by atoms with Crippen LogP contribution in [0.4, 0.5) is 0 Å². The number of ether oxygens (including phenoxy) is 1. The summed E-state index contributed by atoms with van der Waals surface area (Å²) >= 11 is 0. The van der Waals surface area contributed by atoms with Crippen LogP contribution in [0, 0.1) is 18.3 Å². The van der Waals surface area contributed by atoms with Crippen molar-refractivity contribution in [3.8, 4) is 11.8 Å². The summed E-state index contributed by atoms with van der Waals surface area (Å²) in [6, 6.07) is 18.6. The summed E-state index contributed by atoms with van der Waals surface area (Å²) in [6.45, 7) is 5.84. The van der Waals surface area contributed by atoms with Gasteiger partial charge >= 0.3 is 5.97 Å². The SMILES string of the molecule is COC(=O)c1ccccc1-n1c(C(C)C)cc(/C=C(\C#N)S(=O)(=O)c2ccccc2)c1C. The first kappa shape index (κ1) is 23.0. The molecule has 0 fully saturated rings. The van der Waals surface area contributed by atoms with Gasteiger partial charge in [-0.1, -0.05) is 44.2 Å². The minimum atomic E-state index is -3.96. The van der Waals surface area contributed by atoms with E-state index in [0.717, 1.165) is 5.69 Å². The smallest absolute Gasteiger partial charge is 0.339 e. The minimum absolute atomic E-state index is 0.0602. The van der Waals surface area contributed by atoms with Gasteiger partial charge in [-0.05, 0) is 54.8 Å². The zero-order valence-corrected chi connectivity index (χ0v) is 19.2. The number of para-hydroxylation sites is 1. The Kier molecular flexibility index (Phi) is 6.66. The van der Waals surface area contributed by atoms with Crippen molar-refractivity contribution in [2.45, 2.75) is 31.6 Å². The average Bonchev–Trinajstić information content (AvgIpc) is 3.13. The number of hydrogen-bond acceptors (Lipinski definition) is 5. The molecule has 0 N–H and O–H groups in total. The fourth-order valence-corrected chi connectivity index (χ4v) is 4.70. The lowest BCUT2D eigenvalue weighted by atomic mass is 10.1. The van der Waals surface area contributed by atoms with Crippen LogP contribution in [0.1, 0.15) is 47.1 Å². The molecule has 6 nitrogen and oxygen atoms in total. The number of esters is 1. The Hall–Kier alpha value is -3.63. The number of nitriles is 1. The van der Waals surface area contributed by atoms with Gasteiger partial charge in [-0.3, -0.25) is 0 Å². The van der Waals surface area contributed by atoms with E-state index in [-0.39, 0.29) is 15.7 Å². The molecule has 0 spiro atoms. The maximum atomic E-state index is 13.0. The predicted octanol–water partition coefficient (Wildman–Crippen LogP) is 5.03. The molecule has 0 aliphatic heterocycles. The van der Waals surface area contributed by atoms with Crippen LogP contribution in [0.25, 0.3) is 11.8 Å². The van der Waals surface area contributed by atoms with Gasteiger partial charge in [0.15, 0.2) is 0 Å². The van der Waals surface area contributed by atoms with Crippen molar-refractivity contribution in [2.24, 2.45) is 0 Å². The number of carbonyl (C=O) groups excluding carboxylic acids is 1. The zero-order valence-electron chi connectivity index (χ0n) is 18.4. The molecule has 0 saturated heterocycles. The van der Waals surface area contributed by atoms with E-state index in [2.05, 4.69) is 0 Å². The van der Waals surface area contributed by atoms with Crippen molar-refractivity contribution in [3.05, 3.63) is 88.1 Å². The molecule has 0 unspecified atom stereocenters. The van der Waals surface area contributed by atoms with Gasteiger partial charge in [-0.25, -0.2) is 13.2 Å². The van der Waals surface area contributed by atoms with Gasteiger partial charge in [0, 0.05) is 11.4 Å². The largest absolute Gasteiger partial charge is 0.465 e. The number of nitrogens with zero attached hydrogens (tertiary/aromatic N) is 2. The molecule has 0 aliphatic rings. The molecule has 3 aromatic rings. The summed E-state index contributed by atoms with van der Waals surface area (Å²) in [7, 11) is -2.64. The van der Waals surface area contributed by atoms with Gasteiger partial charge in [0.25, 0.3) is 0 Å². The van der Waals surface area contributed by atoms with Crippen LogP contribution in [-0.4, -0.2) is 26.1 Å². The quantitative estimate of drug-likeness (QED) is 0.390. The molecular formula is C25H24N2O4S. The van der Waals surface area contributed by atoms with Crippen molar-refractivity contribution in [1.82, 2.24) is 4.57 Å². The number of allylic oxidation sites excluding steroid dienone is 1. The third-order valence-corrected chi connectivity index (χ3v) is 6.88. The van der Waals surface area contributed by atoms with Crippen molar-refractivity contribution >= 4 is 21.9 Å². The lowest BCUT2D eigenvalue weighted by Crippen LogP contribution is -2.11. The van der Waals surface area contributed by atoms with Gasteiger partial charge in [0.2, 0.25) is 9.84 Å². The fourth-order valence-electron chi connectivity index (χ4n) is 3.53. The number of sulfone groups is 1. The number of aromatic nitrogens is 1. The van der Waals surface area contributed by atoms with E-state index in [1.54, 1.807) is 30.3 Å². The maximum Gasteiger partial charge on any atom is 0.339 e. The van der Waals surface area contributed by atoms with Crippen LogP contribution in [0.3, 0.4) is 0 Å². The Morgan fingerprint density at radius 1 is 1.09 bits per heavy atom. The molecule has 2 aromatic carbocycles. The molecule has 0 atom stereocenters. The van der Waals surface area contributed by atoms with E-state index < -0.39 is 15.8 Å².